The minimum atomic E-state index is -0.275. The molecule has 146 valence electrons. The second-order valence-corrected chi connectivity index (χ2v) is 8.62. The zero-order valence-corrected chi connectivity index (χ0v) is 16.0. The summed E-state index contributed by atoms with van der Waals surface area (Å²) < 4.78 is 13.1. The van der Waals surface area contributed by atoms with Gasteiger partial charge in [-0.2, -0.15) is 0 Å². The normalized spacial score (nSPS) is 23.7. The quantitative estimate of drug-likeness (QED) is 0.795. The average Bonchev–Trinajstić information content (AvgIpc) is 3.29. The Balaban J connectivity index is 1.34. The van der Waals surface area contributed by atoms with Gasteiger partial charge in [0.15, 0.2) is 0 Å². The van der Waals surface area contributed by atoms with Gasteiger partial charge in [-0.25, -0.2) is 4.39 Å². The van der Waals surface area contributed by atoms with E-state index in [2.05, 4.69) is 0 Å². The molecule has 4 nitrogen and oxygen atoms in total. The van der Waals surface area contributed by atoms with Gasteiger partial charge in [-0.3, -0.25) is 9.59 Å². The maximum atomic E-state index is 13.1. The number of amides is 2. The fourth-order valence-electron chi connectivity index (χ4n) is 5.13. The maximum absolute atomic E-state index is 13.1. The van der Waals surface area contributed by atoms with Crippen LogP contribution >= 0.6 is 0 Å². The smallest absolute Gasteiger partial charge is 0.227 e. The molecule has 0 aromatic heterocycles. The molecule has 1 aromatic rings. The van der Waals surface area contributed by atoms with Crippen LogP contribution in [-0.4, -0.2) is 47.8 Å². The Morgan fingerprint density at radius 3 is 2.33 bits per heavy atom. The molecule has 2 aliphatic heterocycles. The average molecular weight is 372 g/mol. The van der Waals surface area contributed by atoms with Crippen LogP contribution in [0.5, 0.6) is 0 Å². The number of hydrogen-bond donors (Lipinski definition) is 0. The molecule has 0 bridgehead atoms. The molecule has 2 amide bonds. The number of carbonyl (C=O) groups is 2. The monoisotopic (exact) mass is 372 g/mol. The van der Waals surface area contributed by atoms with E-state index in [1.54, 1.807) is 12.1 Å². The van der Waals surface area contributed by atoms with Crippen molar-refractivity contribution in [3.63, 3.8) is 0 Å². The maximum Gasteiger partial charge on any atom is 0.227 e. The molecule has 1 aliphatic carbocycles. The van der Waals surface area contributed by atoms with Crippen LogP contribution in [0.1, 0.15) is 50.5 Å². The van der Waals surface area contributed by atoms with Crippen molar-refractivity contribution in [3.05, 3.63) is 35.6 Å². The number of rotatable bonds is 5. The van der Waals surface area contributed by atoms with Gasteiger partial charge in [0.05, 0.1) is 6.42 Å². The van der Waals surface area contributed by atoms with Crippen molar-refractivity contribution in [3.8, 4) is 0 Å². The largest absolute Gasteiger partial charge is 0.343 e. The molecule has 3 aliphatic rings. The van der Waals surface area contributed by atoms with Crippen LogP contribution in [0.15, 0.2) is 24.3 Å². The van der Waals surface area contributed by atoms with Crippen molar-refractivity contribution in [2.45, 2.75) is 51.4 Å². The standard InChI is InChI=1S/C22H29FN2O2/c23-19-7-4-17(5-8-19)14-21(27)25-15-18(22(16-25)10-3-11-22)6-9-20(26)24-12-1-2-13-24/h4-5,7-8,18H,1-3,6,9-16H2. The van der Waals surface area contributed by atoms with Crippen molar-refractivity contribution in [2.24, 2.45) is 11.3 Å². The topological polar surface area (TPSA) is 40.6 Å². The second kappa shape index (κ2) is 7.61. The summed E-state index contributed by atoms with van der Waals surface area (Å²) in [7, 11) is 0. The van der Waals surface area contributed by atoms with E-state index in [0.717, 1.165) is 51.0 Å². The lowest BCUT2D eigenvalue weighted by Crippen LogP contribution is -2.39. The summed E-state index contributed by atoms with van der Waals surface area (Å²) >= 11 is 0. The number of benzene rings is 1. The molecule has 1 unspecified atom stereocenters. The lowest BCUT2D eigenvalue weighted by Gasteiger charge is -2.43. The molecule has 4 rings (SSSR count). The molecule has 0 radical (unpaired) electrons. The van der Waals surface area contributed by atoms with E-state index in [1.807, 2.05) is 9.80 Å². The summed E-state index contributed by atoms with van der Waals surface area (Å²) in [5, 5.41) is 0. The third kappa shape index (κ3) is 3.87. The third-order valence-corrected chi connectivity index (χ3v) is 6.95. The number of carbonyl (C=O) groups excluding carboxylic acids is 2. The highest BCUT2D eigenvalue weighted by atomic mass is 19.1. The van der Waals surface area contributed by atoms with E-state index in [9.17, 15) is 14.0 Å². The Morgan fingerprint density at radius 2 is 1.70 bits per heavy atom. The highest BCUT2D eigenvalue weighted by Gasteiger charge is 2.50. The summed E-state index contributed by atoms with van der Waals surface area (Å²) in [6, 6.07) is 6.20. The van der Waals surface area contributed by atoms with Gasteiger partial charge in [0.25, 0.3) is 0 Å². The first-order valence-corrected chi connectivity index (χ1v) is 10.4. The summed E-state index contributed by atoms with van der Waals surface area (Å²) in [4.78, 5) is 29.2. The number of likely N-dealkylation sites (tertiary alicyclic amines) is 2. The van der Waals surface area contributed by atoms with Crippen LogP contribution in [0, 0.1) is 17.2 Å². The van der Waals surface area contributed by atoms with E-state index in [4.69, 9.17) is 0 Å². The lowest BCUT2D eigenvalue weighted by molar-refractivity contribution is -0.131. The Hall–Kier alpha value is -1.91. The summed E-state index contributed by atoms with van der Waals surface area (Å²) in [6.45, 7) is 3.43. The first-order valence-electron chi connectivity index (χ1n) is 10.4. The van der Waals surface area contributed by atoms with E-state index in [1.165, 1.54) is 31.4 Å². The second-order valence-electron chi connectivity index (χ2n) is 8.62. The van der Waals surface area contributed by atoms with Gasteiger partial charge >= 0.3 is 0 Å². The first-order chi connectivity index (χ1) is 13.1. The molecule has 1 spiro atoms. The van der Waals surface area contributed by atoms with Crippen LogP contribution in [-0.2, 0) is 16.0 Å². The minimum Gasteiger partial charge on any atom is -0.343 e. The minimum absolute atomic E-state index is 0.126. The molecular weight excluding hydrogens is 343 g/mol. The van der Waals surface area contributed by atoms with Crippen molar-refractivity contribution in [1.82, 2.24) is 9.80 Å². The highest BCUT2D eigenvalue weighted by molar-refractivity contribution is 5.79. The van der Waals surface area contributed by atoms with E-state index in [0.29, 0.717) is 18.8 Å². The molecule has 27 heavy (non-hydrogen) atoms. The van der Waals surface area contributed by atoms with Crippen molar-refractivity contribution in [1.29, 1.82) is 0 Å². The van der Waals surface area contributed by atoms with Crippen LogP contribution in [0.4, 0.5) is 4.39 Å². The van der Waals surface area contributed by atoms with Crippen LogP contribution in [0.3, 0.4) is 0 Å². The summed E-state index contributed by atoms with van der Waals surface area (Å²) in [5.41, 5.74) is 1.10. The molecule has 2 heterocycles. The molecule has 1 atom stereocenters. The van der Waals surface area contributed by atoms with E-state index < -0.39 is 0 Å². The highest BCUT2D eigenvalue weighted by Crippen LogP contribution is 2.53. The summed E-state index contributed by atoms with van der Waals surface area (Å²) in [5.74, 6) is 0.581. The fraction of sp³-hybridized carbons (Fsp3) is 0.636. The van der Waals surface area contributed by atoms with Gasteiger partial charge in [-0.15, -0.1) is 0 Å². The van der Waals surface area contributed by atoms with Gasteiger partial charge < -0.3 is 9.80 Å². The van der Waals surface area contributed by atoms with Crippen LogP contribution in [0.2, 0.25) is 0 Å². The molecule has 1 aromatic carbocycles. The number of nitrogens with zero attached hydrogens (tertiary/aromatic N) is 2. The summed E-state index contributed by atoms with van der Waals surface area (Å²) in [6.07, 6.45) is 7.69. The molecule has 0 N–H and O–H groups in total. The number of halogens is 1. The van der Waals surface area contributed by atoms with Gasteiger partial charge in [-0.1, -0.05) is 18.6 Å². The predicted molar refractivity (Wildman–Crippen MR) is 102 cm³/mol. The number of hydrogen-bond acceptors (Lipinski definition) is 2. The third-order valence-electron chi connectivity index (χ3n) is 6.95. The van der Waals surface area contributed by atoms with Gasteiger partial charge in [0, 0.05) is 32.6 Å². The SMILES string of the molecule is O=C(CCC1CN(C(=O)Cc2ccc(F)cc2)CC12CCC2)N1CCCC1. The van der Waals surface area contributed by atoms with Crippen molar-refractivity contribution < 1.29 is 14.0 Å². The Morgan fingerprint density at radius 1 is 1.00 bits per heavy atom. The molecular formula is C22H29FN2O2. The zero-order valence-electron chi connectivity index (χ0n) is 16.0. The molecule has 5 heteroatoms. The van der Waals surface area contributed by atoms with Crippen LogP contribution < -0.4 is 0 Å². The Bertz CT molecular complexity index is 693. The molecule has 1 saturated carbocycles. The van der Waals surface area contributed by atoms with Crippen molar-refractivity contribution in [2.75, 3.05) is 26.2 Å². The van der Waals surface area contributed by atoms with Gasteiger partial charge in [0.1, 0.15) is 5.82 Å². The fourth-order valence-corrected chi connectivity index (χ4v) is 5.13. The van der Waals surface area contributed by atoms with Crippen molar-refractivity contribution >= 4 is 11.8 Å². The Kier molecular flexibility index (Phi) is 5.20. The first kappa shape index (κ1) is 18.5. The van der Waals surface area contributed by atoms with Gasteiger partial charge in [0.2, 0.25) is 11.8 Å². The molecule has 3 fully saturated rings. The van der Waals surface area contributed by atoms with Gasteiger partial charge in [-0.05, 0) is 61.1 Å². The predicted octanol–water partition coefficient (Wildman–Crippen LogP) is 3.40. The van der Waals surface area contributed by atoms with E-state index in [-0.39, 0.29) is 23.0 Å². The van der Waals surface area contributed by atoms with Crippen LogP contribution in [0.25, 0.3) is 0 Å². The molecule has 2 saturated heterocycles. The van der Waals surface area contributed by atoms with E-state index >= 15 is 0 Å². The Labute approximate surface area is 160 Å². The lowest BCUT2D eigenvalue weighted by atomic mass is 9.62. The zero-order chi connectivity index (χ0) is 18.9.